The first-order valence-electron chi connectivity index (χ1n) is 11.7. The molecule has 12 heteroatoms. The molecule has 0 saturated heterocycles. The van der Waals surface area contributed by atoms with Crippen molar-refractivity contribution < 1.29 is 26.6 Å². The molecule has 0 aromatic heterocycles. The van der Waals surface area contributed by atoms with E-state index in [-0.39, 0.29) is 6.10 Å². The molecule has 0 atom stereocenters. The Bertz CT molecular complexity index is 665. The lowest BCUT2D eigenvalue weighted by Crippen LogP contribution is -2.59. The van der Waals surface area contributed by atoms with Gasteiger partial charge in [0.05, 0.1) is 12.3 Å². The van der Waals surface area contributed by atoms with E-state index in [0.29, 0.717) is 38.5 Å². The summed E-state index contributed by atoms with van der Waals surface area (Å²) >= 11 is 0. The maximum absolute atomic E-state index is 5.76. The zero-order chi connectivity index (χ0) is 26.8. The average molecular weight is 531 g/mol. The van der Waals surface area contributed by atoms with Crippen molar-refractivity contribution in [3.63, 3.8) is 0 Å². The molecule has 0 aliphatic heterocycles. The summed E-state index contributed by atoms with van der Waals surface area (Å²) < 4.78 is 33.7. The van der Waals surface area contributed by atoms with E-state index < -0.39 is 23.4 Å². The van der Waals surface area contributed by atoms with Crippen LogP contribution in [0.1, 0.15) is 27.2 Å². The van der Waals surface area contributed by atoms with Gasteiger partial charge in [-0.2, -0.15) is 0 Å². The summed E-state index contributed by atoms with van der Waals surface area (Å²) in [7, 11) is -2.39. The number of benzene rings is 1. The Balaban J connectivity index is 0.000000662. The number of anilines is 1. The molecule has 7 N–H and O–H groups in total. The Labute approximate surface area is 213 Å². The van der Waals surface area contributed by atoms with Crippen molar-refractivity contribution in [1.29, 1.82) is 0 Å². The van der Waals surface area contributed by atoms with Gasteiger partial charge in [0.2, 0.25) is 0 Å². The highest BCUT2D eigenvalue weighted by Crippen LogP contribution is 2.20. The van der Waals surface area contributed by atoms with Gasteiger partial charge in [0.1, 0.15) is 5.79 Å². The molecule has 0 bridgehead atoms. The van der Waals surface area contributed by atoms with Crippen LogP contribution in [0.25, 0.3) is 0 Å². The Hall–Kier alpha value is -1.43. The van der Waals surface area contributed by atoms with Gasteiger partial charge in [-0.05, 0) is 39.3 Å². The first-order valence-corrected chi connectivity index (χ1v) is 15.6. The SMILES string of the molecule is C=CC(C=C)O[Si](CCC(N)(N)N)(OC)OC.CCO[Si](CNc1ccccc1)(OCC)OCC. The quantitative estimate of drug-likeness (QED) is 0.127. The van der Waals surface area contributed by atoms with E-state index in [1.165, 1.54) is 14.2 Å². The second-order valence-corrected chi connectivity index (χ2v) is 13.0. The molecule has 0 aliphatic rings. The van der Waals surface area contributed by atoms with Crippen LogP contribution in [0.3, 0.4) is 0 Å². The molecular formula is C23H46N4O6Si2. The van der Waals surface area contributed by atoms with Crippen molar-refractivity contribution >= 4 is 23.3 Å². The molecule has 0 heterocycles. The Morgan fingerprint density at radius 2 is 1.37 bits per heavy atom. The molecule has 35 heavy (non-hydrogen) atoms. The predicted octanol–water partition coefficient (Wildman–Crippen LogP) is 2.58. The summed E-state index contributed by atoms with van der Waals surface area (Å²) in [4.78, 5) is 0. The fraction of sp³-hybridized carbons (Fsp3) is 0.565. The second-order valence-electron chi connectivity index (χ2n) is 7.46. The largest absolute Gasteiger partial charge is 0.521 e. The molecule has 0 saturated carbocycles. The molecule has 202 valence electrons. The third-order valence-corrected chi connectivity index (χ3v) is 10.2. The van der Waals surface area contributed by atoms with Crippen LogP contribution in [0.5, 0.6) is 0 Å². The van der Waals surface area contributed by atoms with Gasteiger partial charge in [-0.15, -0.1) is 13.2 Å². The zero-order valence-corrected chi connectivity index (χ0v) is 24.0. The van der Waals surface area contributed by atoms with Crippen LogP contribution in [0.2, 0.25) is 6.04 Å². The fourth-order valence-corrected chi connectivity index (χ4v) is 7.44. The molecule has 1 rings (SSSR count). The van der Waals surface area contributed by atoms with Crippen molar-refractivity contribution in [1.82, 2.24) is 0 Å². The first-order chi connectivity index (χ1) is 16.6. The minimum Gasteiger partial charge on any atom is -0.381 e. The molecule has 1 aromatic carbocycles. The van der Waals surface area contributed by atoms with Gasteiger partial charge in [0.25, 0.3) is 0 Å². The van der Waals surface area contributed by atoms with Gasteiger partial charge in [-0.1, -0.05) is 30.4 Å². The lowest BCUT2D eigenvalue weighted by molar-refractivity contribution is 0.0740. The van der Waals surface area contributed by atoms with Crippen LogP contribution < -0.4 is 22.5 Å². The highest BCUT2D eigenvalue weighted by molar-refractivity contribution is 6.61. The lowest BCUT2D eigenvalue weighted by atomic mass is 10.3. The molecule has 0 fully saturated rings. The standard InChI is InChI=1S/C13H23NO3Si.C10H23N3O3Si/c1-4-15-18(16-5-2,17-6-3)12-14-13-10-8-7-9-11-13;1-5-9(6-2)16-17(14-3,15-4)8-7-10(11,12)13/h7-11,14H,4-6,12H2,1-3H3;5-6,9H,1-2,7-8,11-13H2,3-4H3. The van der Waals surface area contributed by atoms with Crippen molar-refractivity contribution in [3.8, 4) is 0 Å². The Morgan fingerprint density at radius 3 is 1.74 bits per heavy atom. The van der Waals surface area contributed by atoms with Gasteiger partial charge < -0.3 is 49.1 Å². The maximum Gasteiger partial charge on any atom is 0.521 e. The summed E-state index contributed by atoms with van der Waals surface area (Å²) in [5.74, 6) is -1.27. The minimum absolute atomic E-state index is 0.321. The minimum atomic E-state index is -2.84. The predicted molar refractivity (Wildman–Crippen MR) is 145 cm³/mol. The van der Waals surface area contributed by atoms with Crippen molar-refractivity contribution in [2.75, 3.05) is 45.5 Å². The fourth-order valence-electron chi connectivity index (χ4n) is 2.92. The van der Waals surface area contributed by atoms with E-state index in [1.807, 2.05) is 51.1 Å². The van der Waals surface area contributed by atoms with Crippen LogP contribution >= 0.6 is 0 Å². The van der Waals surface area contributed by atoms with Crippen LogP contribution in [0.4, 0.5) is 5.69 Å². The number of hydrogen-bond acceptors (Lipinski definition) is 10. The lowest BCUT2D eigenvalue weighted by Gasteiger charge is -2.31. The van der Waals surface area contributed by atoms with Crippen molar-refractivity contribution in [2.24, 2.45) is 17.2 Å². The molecule has 0 spiro atoms. The van der Waals surface area contributed by atoms with Gasteiger partial charge >= 0.3 is 17.6 Å². The van der Waals surface area contributed by atoms with E-state index >= 15 is 0 Å². The van der Waals surface area contributed by atoms with Crippen molar-refractivity contribution in [3.05, 3.63) is 55.6 Å². The second kappa shape index (κ2) is 17.9. The third-order valence-electron chi connectivity index (χ3n) is 4.64. The Kier molecular flexibility index (Phi) is 17.2. The summed E-state index contributed by atoms with van der Waals surface area (Å²) in [6.45, 7) is 15.0. The molecule has 10 nitrogen and oxygen atoms in total. The van der Waals surface area contributed by atoms with E-state index in [4.69, 9.17) is 43.8 Å². The maximum atomic E-state index is 5.76. The number of rotatable bonds is 18. The highest BCUT2D eigenvalue weighted by atomic mass is 28.4. The number of nitrogens with one attached hydrogen (secondary N) is 1. The van der Waals surface area contributed by atoms with Crippen LogP contribution in [0, 0.1) is 0 Å². The topological polar surface area (TPSA) is 145 Å². The van der Waals surface area contributed by atoms with Gasteiger partial charge in [0.15, 0.2) is 0 Å². The summed E-state index contributed by atoms with van der Waals surface area (Å²) in [6.07, 6.45) is 3.78. The Morgan fingerprint density at radius 1 is 0.886 bits per heavy atom. The molecule has 1 aromatic rings. The van der Waals surface area contributed by atoms with Gasteiger partial charge in [0, 0.05) is 45.8 Å². The number of hydrogen-bond donors (Lipinski definition) is 4. The van der Waals surface area contributed by atoms with Gasteiger partial charge in [-0.25, -0.2) is 0 Å². The first kappa shape index (κ1) is 33.6. The summed E-state index contributed by atoms with van der Waals surface area (Å²) in [6, 6.07) is 10.4. The summed E-state index contributed by atoms with van der Waals surface area (Å²) in [5, 5.41) is 3.33. The zero-order valence-electron chi connectivity index (χ0n) is 22.0. The van der Waals surface area contributed by atoms with Gasteiger partial charge in [-0.3, -0.25) is 0 Å². The molecule has 0 unspecified atom stereocenters. The van der Waals surface area contributed by atoms with Crippen LogP contribution in [0.15, 0.2) is 55.6 Å². The molecule has 0 amide bonds. The van der Waals surface area contributed by atoms with Crippen LogP contribution in [-0.4, -0.2) is 69.7 Å². The van der Waals surface area contributed by atoms with E-state index in [1.54, 1.807) is 12.2 Å². The molecule has 0 aliphatic carbocycles. The van der Waals surface area contributed by atoms with E-state index in [2.05, 4.69) is 18.5 Å². The van der Waals surface area contributed by atoms with E-state index in [0.717, 1.165) is 5.69 Å². The monoisotopic (exact) mass is 530 g/mol. The van der Waals surface area contributed by atoms with Crippen LogP contribution in [-0.2, 0) is 26.6 Å². The molecular weight excluding hydrogens is 484 g/mol. The smallest absolute Gasteiger partial charge is 0.381 e. The van der Waals surface area contributed by atoms with E-state index in [9.17, 15) is 0 Å². The number of para-hydroxylation sites is 1. The highest BCUT2D eigenvalue weighted by Gasteiger charge is 2.42. The summed E-state index contributed by atoms with van der Waals surface area (Å²) in [5.41, 5.74) is 17.6. The third kappa shape index (κ3) is 14.0. The normalized spacial score (nSPS) is 12.1. The number of nitrogens with two attached hydrogens (primary N) is 3. The molecule has 0 radical (unpaired) electrons. The van der Waals surface area contributed by atoms with Crippen molar-refractivity contribution in [2.45, 2.75) is 45.1 Å². The average Bonchev–Trinajstić information content (AvgIpc) is 2.84.